The summed E-state index contributed by atoms with van der Waals surface area (Å²) in [5, 5.41) is 8.63. The molecular formula is C12H8BrF2NO3. The van der Waals surface area contributed by atoms with E-state index in [1.807, 2.05) is 0 Å². The Bertz CT molecular complexity index is 546. The number of aliphatic carboxylic acids is 1. The summed E-state index contributed by atoms with van der Waals surface area (Å²) in [6.07, 6.45) is 4.99. The quantitative estimate of drug-likeness (QED) is 0.857. The lowest BCUT2D eigenvalue weighted by atomic mass is 10.1. The zero-order valence-electron chi connectivity index (χ0n) is 9.49. The molecule has 19 heavy (non-hydrogen) atoms. The molecule has 1 aromatic rings. The van der Waals surface area contributed by atoms with Gasteiger partial charge in [0, 0.05) is 4.47 Å². The molecule has 0 fully saturated rings. The molecule has 0 heterocycles. The molecule has 0 aliphatic heterocycles. The van der Waals surface area contributed by atoms with Crippen LogP contribution in [0, 0.1) is 24.0 Å². The molecule has 0 bridgehead atoms. The molecule has 0 aliphatic carbocycles. The summed E-state index contributed by atoms with van der Waals surface area (Å²) in [6, 6.07) is 1.82. The third kappa shape index (κ3) is 3.76. The molecule has 4 nitrogen and oxygen atoms in total. The molecule has 1 N–H and O–H groups in total. The Kier molecular flexibility index (Phi) is 5.01. The number of nitrogens with zero attached hydrogens (tertiary/aromatic N) is 1. The SMILES string of the molecule is C#CCN(CC(=O)O)C(=O)c1c(F)cc(Br)cc1F. The average Bonchev–Trinajstić information content (AvgIpc) is 2.26. The van der Waals surface area contributed by atoms with Gasteiger partial charge in [-0.25, -0.2) is 8.78 Å². The molecular weight excluding hydrogens is 324 g/mol. The molecule has 0 radical (unpaired) electrons. The van der Waals surface area contributed by atoms with E-state index in [2.05, 4.69) is 21.9 Å². The number of amides is 1. The minimum atomic E-state index is -1.33. The topological polar surface area (TPSA) is 57.6 Å². The van der Waals surface area contributed by atoms with E-state index in [0.29, 0.717) is 4.90 Å². The molecule has 0 spiro atoms. The molecule has 1 amide bonds. The van der Waals surface area contributed by atoms with Crippen LogP contribution in [0.1, 0.15) is 10.4 Å². The number of benzene rings is 1. The standard InChI is InChI=1S/C12H8BrF2NO3/c1-2-3-16(6-10(17)18)12(19)11-8(14)4-7(13)5-9(11)15/h1,4-5H,3,6H2,(H,17,18). The van der Waals surface area contributed by atoms with E-state index in [1.165, 1.54) is 0 Å². The van der Waals surface area contributed by atoms with Crippen molar-refractivity contribution in [1.29, 1.82) is 0 Å². The van der Waals surface area contributed by atoms with Crippen LogP contribution < -0.4 is 0 Å². The third-order valence-corrected chi connectivity index (χ3v) is 2.57. The molecule has 0 atom stereocenters. The fraction of sp³-hybridized carbons (Fsp3) is 0.167. The minimum Gasteiger partial charge on any atom is -0.480 e. The summed E-state index contributed by atoms with van der Waals surface area (Å²) in [6.45, 7) is -1.10. The van der Waals surface area contributed by atoms with Crippen molar-refractivity contribution in [3.05, 3.63) is 33.8 Å². The molecule has 0 saturated heterocycles. The Balaban J connectivity index is 3.17. The number of halogens is 3. The lowest BCUT2D eigenvalue weighted by Gasteiger charge is -2.18. The number of hydrogen-bond acceptors (Lipinski definition) is 2. The van der Waals surface area contributed by atoms with E-state index in [1.54, 1.807) is 0 Å². The monoisotopic (exact) mass is 331 g/mol. The maximum Gasteiger partial charge on any atom is 0.323 e. The van der Waals surface area contributed by atoms with Crippen LogP contribution in [0.15, 0.2) is 16.6 Å². The number of carbonyl (C=O) groups excluding carboxylic acids is 1. The van der Waals surface area contributed by atoms with Gasteiger partial charge in [0.25, 0.3) is 5.91 Å². The maximum absolute atomic E-state index is 13.6. The van der Waals surface area contributed by atoms with Gasteiger partial charge < -0.3 is 10.0 Å². The van der Waals surface area contributed by atoms with E-state index >= 15 is 0 Å². The van der Waals surface area contributed by atoms with E-state index in [-0.39, 0.29) is 11.0 Å². The average molecular weight is 332 g/mol. The van der Waals surface area contributed by atoms with Crippen LogP contribution in [0.3, 0.4) is 0 Å². The van der Waals surface area contributed by atoms with Crippen molar-refractivity contribution >= 4 is 27.8 Å². The molecule has 0 aromatic heterocycles. The van der Waals surface area contributed by atoms with Gasteiger partial charge in [-0.2, -0.15) is 0 Å². The summed E-state index contributed by atoms with van der Waals surface area (Å²) < 4.78 is 27.3. The normalized spacial score (nSPS) is 9.79. The van der Waals surface area contributed by atoms with Crippen molar-refractivity contribution < 1.29 is 23.5 Å². The van der Waals surface area contributed by atoms with Crippen LogP contribution in [0.5, 0.6) is 0 Å². The van der Waals surface area contributed by atoms with Gasteiger partial charge in [0.2, 0.25) is 0 Å². The maximum atomic E-state index is 13.6. The Hall–Kier alpha value is -1.94. The van der Waals surface area contributed by atoms with Crippen LogP contribution in [-0.4, -0.2) is 35.0 Å². The van der Waals surface area contributed by atoms with E-state index in [4.69, 9.17) is 11.5 Å². The van der Waals surface area contributed by atoms with Gasteiger partial charge in [0.05, 0.1) is 6.54 Å². The summed E-state index contributed by atoms with van der Waals surface area (Å²) in [5.41, 5.74) is -0.834. The van der Waals surface area contributed by atoms with Crippen LogP contribution in [0.4, 0.5) is 8.78 Å². The number of hydrogen-bond donors (Lipinski definition) is 1. The highest BCUT2D eigenvalue weighted by Crippen LogP contribution is 2.20. The van der Waals surface area contributed by atoms with Crippen molar-refractivity contribution in [2.24, 2.45) is 0 Å². The number of rotatable bonds is 4. The smallest absolute Gasteiger partial charge is 0.323 e. The Morgan fingerprint density at radius 3 is 2.32 bits per heavy atom. The molecule has 0 saturated carbocycles. The number of terminal acetylenes is 1. The lowest BCUT2D eigenvalue weighted by molar-refractivity contribution is -0.137. The molecule has 1 aromatic carbocycles. The van der Waals surface area contributed by atoms with Gasteiger partial charge in [-0.3, -0.25) is 9.59 Å². The van der Waals surface area contributed by atoms with Gasteiger partial charge in [0.15, 0.2) is 0 Å². The highest BCUT2D eigenvalue weighted by molar-refractivity contribution is 9.10. The first kappa shape index (κ1) is 15.1. The predicted molar refractivity (Wildman–Crippen MR) is 66.4 cm³/mol. The Labute approximate surface area is 116 Å². The first-order valence-electron chi connectivity index (χ1n) is 4.96. The van der Waals surface area contributed by atoms with E-state index in [9.17, 15) is 18.4 Å². The first-order valence-corrected chi connectivity index (χ1v) is 5.75. The van der Waals surface area contributed by atoms with Crippen LogP contribution >= 0.6 is 15.9 Å². The zero-order chi connectivity index (χ0) is 14.6. The molecule has 0 unspecified atom stereocenters. The summed E-state index contributed by atoms with van der Waals surface area (Å²) >= 11 is 2.87. The van der Waals surface area contributed by atoms with E-state index in [0.717, 1.165) is 12.1 Å². The fourth-order valence-electron chi connectivity index (χ4n) is 1.38. The number of carboxylic acid groups (broad SMARTS) is 1. The van der Waals surface area contributed by atoms with Gasteiger partial charge in [-0.15, -0.1) is 6.42 Å². The largest absolute Gasteiger partial charge is 0.480 e. The van der Waals surface area contributed by atoms with Gasteiger partial charge >= 0.3 is 5.97 Å². The van der Waals surface area contributed by atoms with Gasteiger partial charge in [-0.05, 0) is 12.1 Å². The predicted octanol–water partition coefficient (Wildman–Crippen LogP) is 1.89. The minimum absolute atomic E-state index is 0.126. The molecule has 0 aliphatic rings. The lowest BCUT2D eigenvalue weighted by Crippen LogP contribution is -2.37. The van der Waals surface area contributed by atoms with Crippen molar-refractivity contribution in [2.45, 2.75) is 0 Å². The first-order chi connectivity index (χ1) is 8.86. The zero-order valence-corrected chi connectivity index (χ0v) is 11.1. The Morgan fingerprint density at radius 1 is 1.37 bits per heavy atom. The highest BCUT2D eigenvalue weighted by Gasteiger charge is 2.24. The molecule has 1 rings (SSSR count). The van der Waals surface area contributed by atoms with Gasteiger partial charge in [0.1, 0.15) is 23.7 Å². The third-order valence-electron chi connectivity index (χ3n) is 2.12. The van der Waals surface area contributed by atoms with Crippen molar-refractivity contribution in [3.8, 4) is 12.3 Å². The second-order valence-electron chi connectivity index (χ2n) is 3.50. The summed E-state index contributed by atoms with van der Waals surface area (Å²) in [5.74, 6) is -2.57. The highest BCUT2D eigenvalue weighted by atomic mass is 79.9. The number of carbonyl (C=O) groups is 2. The van der Waals surface area contributed by atoms with Crippen LogP contribution in [0.25, 0.3) is 0 Å². The van der Waals surface area contributed by atoms with Gasteiger partial charge in [-0.1, -0.05) is 21.9 Å². The van der Waals surface area contributed by atoms with E-state index < -0.39 is 35.6 Å². The molecule has 100 valence electrons. The second kappa shape index (κ2) is 6.29. The van der Waals surface area contributed by atoms with Crippen LogP contribution in [0.2, 0.25) is 0 Å². The summed E-state index contributed by atoms with van der Waals surface area (Å²) in [7, 11) is 0. The van der Waals surface area contributed by atoms with Crippen molar-refractivity contribution in [3.63, 3.8) is 0 Å². The Morgan fingerprint density at radius 2 is 1.89 bits per heavy atom. The molecule has 7 heteroatoms. The summed E-state index contributed by atoms with van der Waals surface area (Å²) in [4.78, 5) is 23.1. The van der Waals surface area contributed by atoms with Crippen molar-refractivity contribution in [1.82, 2.24) is 4.90 Å². The van der Waals surface area contributed by atoms with Crippen LogP contribution in [-0.2, 0) is 4.79 Å². The van der Waals surface area contributed by atoms with Crippen molar-refractivity contribution in [2.75, 3.05) is 13.1 Å². The number of carboxylic acids is 1. The second-order valence-corrected chi connectivity index (χ2v) is 4.42. The fourth-order valence-corrected chi connectivity index (χ4v) is 1.78.